The van der Waals surface area contributed by atoms with Crippen molar-refractivity contribution < 1.29 is 8.42 Å². The van der Waals surface area contributed by atoms with Gasteiger partial charge >= 0.3 is 0 Å². The zero-order valence-corrected chi connectivity index (χ0v) is 15.6. The summed E-state index contributed by atoms with van der Waals surface area (Å²) in [6.45, 7) is 0.613. The molecule has 1 heterocycles. The van der Waals surface area contributed by atoms with Gasteiger partial charge in [-0.05, 0) is 36.2 Å². The second-order valence-electron chi connectivity index (χ2n) is 5.90. The Kier molecular flexibility index (Phi) is 5.63. The van der Waals surface area contributed by atoms with Gasteiger partial charge in [-0.3, -0.25) is 0 Å². The third-order valence-corrected chi connectivity index (χ3v) is 4.89. The van der Waals surface area contributed by atoms with Crippen LogP contribution in [0, 0.1) is 0 Å². The Morgan fingerprint density at radius 3 is 2.44 bits per heavy atom. The van der Waals surface area contributed by atoms with Crippen molar-refractivity contribution in [1.29, 1.82) is 0 Å². The number of hydrogen-bond donors (Lipinski definition) is 2. The average molecular weight is 384 g/mol. The zero-order valence-electron chi connectivity index (χ0n) is 14.8. The highest BCUT2D eigenvalue weighted by molar-refractivity contribution is 7.89. The lowest BCUT2D eigenvalue weighted by molar-refractivity contribution is 0.598. The highest BCUT2D eigenvalue weighted by atomic mass is 32.2. The van der Waals surface area contributed by atoms with E-state index < -0.39 is 10.0 Å². The predicted octanol–water partition coefficient (Wildman–Crippen LogP) is 1.94. The first-order valence-corrected chi connectivity index (χ1v) is 9.82. The lowest BCUT2D eigenvalue weighted by Crippen LogP contribution is -2.15. The van der Waals surface area contributed by atoms with Crippen LogP contribution in [0.5, 0.6) is 0 Å². The van der Waals surface area contributed by atoms with Gasteiger partial charge in [0, 0.05) is 19.3 Å². The maximum atomic E-state index is 11.3. The largest absolute Gasteiger partial charge is 0.368 e. The molecule has 2 aromatic carbocycles. The summed E-state index contributed by atoms with van der Waals surface area (Å²) in [6, 6.07) is 16.3. The van der Waals surface area contributed by atoms with Crippen LogP contribution in [-0.4, -0.2) is 37.2 Å². The summed E-state index contributed by atoms with van der Waals surface area (Å²) in [5.74, 6) is 1.10. The number of sulfonamides is 1. The molecule has 8 nitrogen and oxygen atoms in total. The van der Waals surface area contributed by atoms with Gasteiger partial charge in [-0.2, -0.15) is 10.1 Å². The Hall–Kier alpha value is -3.04. The van der Waals surface area contributed by atoms with Gasteiger partial charge in [0.25, 0.3) is 5.95 Å². The Labute approximate surface area is 158 Å². The van der Waals surface area contributed by atoms with Crippen molar-refractivity contribution in [3.05, 3.63) is 66.4 Å². The fourth-order valence-electron chi connectivity index (χ4n) is 2.47. The molecular weight excluding hydrogens is 364 g/mol. The standard InChI is InChI=1S/C18H20N6O2S/c1-24(15-5-3-2-4-6-15)18-22-17(13-21-23-18)20-12-11-14-7-9-16(10-8-14)27(19,25)26/h2-10,13H,11-12H2,1H3,(H2,19,25,26)(H,20,22,23). The van der Waals surface area contributed by atoms with E-state index in [4.69, 9.17) is 5.14 Å². The van der Waals surface area contributed by atoms with E-state index in [1.165, 1.54) is 12.1 Å². The van der Waals surface area contributed by atoms with Gasteiger partial charge in [0.05, 0.1) is 11.1 Å². The van der Waals surface area contributed by atoms with Crippen molar-refractivity contribution in [2.45, 2.75) is 11.3 Å². The molecule has 0 spiro atoms. The van der Waals surface area contributed by atoms with E-state index in [9.17, 15) is 8.42 Å². The summed E-state index contributed by atoms with van der Waals surface area (Å²) in [7, 11) is -1.79. The first-order chi connectivity index (χ1) is 12.9. The second-order valence-corrected chi connectivity index (χ2v) is 7.46. The minimum atomic E-state index is -3.66. The summed E-state index contributed by atoms with van der Waals surface area (Å²) in [6.07, 6.45) is 2.26. The molecule has 3 rings (SSSR count). The normalized spacial score (nSPS) is 11.2. The summed E-state index contributed by atoms with van der Waals surface area (Å²) in [4.78, 5) is 6.43. The van der Waals surface area contributed by atoms with E-state index in [1.807, 2.05) is 42.3 Å². The Morgan fingerprint density at radius 2 is 1.78 bits per heavy atom. The van der Waals surface area contributed by atoms with Crippen LogP contribution in [0.3, 0.4) is 0 Å². The van der Waals surface area contributed by atoms with Crippen molar-refractivity contribution in [3.8, 4) is 0 Å². The number of rotatable bonds is 7. The van der Waals surface area contributed by atoms with E-state index in [0.29, 0.717) is 24.7 Å². The molecule has 0 aliphatic carbocycles. The van der Waals surface area contributed by atoms with Crippen LogP contribution in [0.2, 0.25) is 0 Å². The number of nitrogens with one attached hydrogen (secondary N) is 1. The number of primary sulfonamides is 1. The van der Waals surface area contributed by atoms with Crippen LogP contribution in [0.25, 0.3) is 0 Å². The van der Waals surface area contributed by atoms with Crippen LogP contribution < -0.4 is 15.4 Å². The molecule has 0 saturated carbocycles. The van der Waals surface area contributed by atoms with Gasteiger partial charge in [0.15, 0.2) is 5.82 Å². The summed E-state index contributed by atoms with van der Waals surface area (Å²) in [5.41, 5.74) is 1.95. The van der Waals surface area contributed by atoms with Crippen molar-refractivity contribution in [1.82, 2.24) is 15.2 Å². The van der Waals surface area contributed by atoms with Crippen molar-refractivity contribution in [3.63, 3.8) is 0 Å². The molecule has 9 heteroatoms. The highest BCUT2D eigenvalue weighted by Gasteiger charge is 2.09. The molecule has 0 amide bonds. The maximum Gasteiger partial charge on any atom is 0.251 e. The Morgan fingerprint density at radius 1 is 1.07 bits per heavy atom. The fraction of sp³-hybridized carbons (Fsp3) is 0.167. The molecule has 1 aromatic heterocycles. The topological polar surface area (TPSA) is 114 Å². The molecule has 0 bridgehead atoms. The van der Waals surface area contributed by atoms with Crippen molar-refractivity contribution in [2.75, 3.05) is 23.8 Å². The third-order valence-electron chi connectivity index (χ3n) is 3.96. The number of nitrogens with two attached hydrogens (primary N) is 1. The Balaban J connectivity index is 1.60. The van der Waals surface area contributed by atoms with Crippen LogP contribution in [0.15, 0.2) is 65.7 Å². The monoisotopic (exact) mass is 384 g/mol. The molecular formula is C18H20N6O2S. The third kappa shape index (κ3) is 4.99. The quantitative estimate of drug-likeness (QED) is 0.640. The molecule has 0 atom stereocenters. The Bertz CT molecular complexity index is 994. The van der Waals surface area contributed by atoms with Crippen LogP contribution in [-0.2, 0) is 16.4 Å². The molecule has 3 N–H and O–H groups in total. The molecule has 0 fully saturated rings. The smallest absolute Gasteiger partial charge is 0.251 e. The SMILES string of the molecule is CN(c1ccccc1)c1nncc(NCCc2ccc(S(N)(=O)=O)cc2)n1. The predicted molar refractivity (Wildman–Crippen MR) is 104 cm³/mol. The lowest BCUT2D eigenvalue weighted by atomic mass is 10.1. The van der Waals surface area contributed by atoms with Gasteiger partial charge in [-0.15, -0.1) is 5.10 Å². The molecule has 0 aliphatic rings. The highest BCUT2D eigenvalue weighted by Crippen LogP contribution is 2.19. The molecule has 140 valence electrons. The molecule has 0 radical (unpaired) electrons. The number of nitrogens with zero attached hydrogens (tertiary/aromatic N) is 4. The van der Waals surface area contributed by atoms with Gasteiger partial charge in [-0.1, -0.05) is 30.3 Å². The van der Waals surface area contributed by atoms with Crippen LogP contribution in [0.1, 0.15) is 5.56 Å². The number of hydrogen-bond acceptors (Lipinski definition) is 7. The van der Waals surface area contributed by atoms with Gasteiger partial charge < -0.3 is 10.2 Å². The van der Waals surface area contributed by atoms with E-state index in [1.54, 1.807) is 18.3 Å². The summed E-state index contributed by atoms with van der Waals surface area (Å²) < 4.78 is 22.5. The molecule has 27 heavy (non-hydrogen) atoms. The van der Waals surface area contributed by atoms with E-state index in [0.717, 1.165) is 11.3 Å². The van der Waals surface area contributed by atoms with E-state index in [-0.39, 0.29) is 4.90 Å². The second kappa shape index (κ2) is 8.11. The number of para-hydroxylation sites is 1. The van der Waals surface area contributed by atoms with Crippen LogP contribution in [0.4, 0.5) is 17.5 Å². The maximum absolute atomic E-state index is 11.3. The van der Waals surface area contributed by atoms with Crippen molar-refractivity contribution in [2.24, 2.45) is 5.14 Å². The van der Waals surface area contributed by atoms with Gasteiger partial charge in [0.1, 0.15) is 0 Å². The number of benzene rings is 2. The summed E-state index contributed by atoms with van der Waals surface area (Å²) >= 11 is 0. The lowest BCUT2D eigenvalue weighted by Gasteiger charge is -2.17. The molecule has 0 saturated heterocycles. The number of anilines is 3. The first kappa shape index (κ1) is 18.7. The summed E-state index contributed by atoms with van der Waals surface area (Å²) in [5, 5.41) is 16.4. The minimum absolute atomic E-state index is 0.104. The van der Waals surface area contributed by atoms with Gasteiger partial charge in [0.2, 0.25) is 10.0 Å². The zero-order chi connectivity index (χ0) is 19.3. The average Bonchev–Trinajstić information content (AvgIpc) is 2.68. The minimum Gasteiger partial charge on any atom is -0.368 e. The molecule has 0 unspecified atom stereocenters. The van der Waals surface area contributed by atoms with Crippen molar-refractivity contribution >= 4 is 27.5 Å². The molecule has 0 aliphatic heterocycles. The van der Waals surface area contributed by atoms with Crippen LogP contribution >= 0.6 is 0 Å². The molecule has 3 aromatic rings. The van der Waals surface area contributed by atoms with Gasteiger partial charge in [-0.25, -0.2) is 13.6 Å². The first-order valence-electron chi connectivity index (χ1n) is 8.27. The number of aromatic nitrogens is 3. The van der Waals surface area contributed by atoms with E-state index >= 15 is 0 Å². The van der Waals surface area contributed by atoms with E-state index in [2.05, 4.69) is 20.5 Å². The fourth-order valence-corrected chi connectivity index (χ4v) is 2.98.